The van der Waals surface area contributed by atoms with E-state index >= 15 is 0 Å². The van der Waals surface area contributed by atoms with Gasteiger partial charge in [-0.15, -0.1) is 0 Å². The second kappa shape index (κ2) is 3.50. The van der Waals surface area contributed by atoms with Crippen LogP contribution in [0.25, 0.3) is 0 Å². The number of nitrogens with zero attached hydrogens (tertiary/aromatic N) is 1. The van der Waals surface area contributed by atoms with Crippen LogP contribution >= 0.6 is 23.2 Å². The van der Waals surface area contributed by atoms with Crippen LogP contribution in [0.1, 0.15) is 25.3 Å². The lowest BCUT2D eigenvalue weighted by atomic mass is 10.0. The molecule has 0 aliphatic heterocycles. The molecule has 0 bridgehead atoms. The van der Waals surface area contributed by atoms with Crippen LogP contribution in [-0.4, -0.2) is 4.98 Å². The summed E-state index contributed by atoms with van der Waals surface area (Å²) in [5, 5.41) is 0.921. The van der Waals surface area contributed by atoms with E-state index in [9.17, 15) is 0 Å². The molecule has 1 rings (SSSR count). The average molecular weight is 205 g/mol. The van der Waals surface area contributed by atoms with Gasteiger partial charge in [-0.2, -0.15) is 0 Å². The lowest BCUT2D eigenvalue weighted by Gasteiger charge is -2.10. The van der Waals surface area contributed by atoms with E-state index in [1.807, 2.05) is 13.8 Å². The molecule has 2 N–H and O–H groups in total. The summed E-state index contributed by atoms with van der Waals surface area (Å²) in [5.74, 6) is 0.685. The van der Waals surface area contributed by atoms with Crippen molar-refractivity contribution in [3.63, 3.8) is 0 Å². The van der Waals surface area contributed by atoms with Gasteiger partial charge < -0.3 is 5.73 Å². The van der Waals surface area contributed by atoms with E-state index in [0.717, 1.165) is 5.56 Å². The van der Waals surface area contributed by atoms with Crippen molar-refractivity contribution in [2.75, 3.05) is 5.73 Å². The summed E-state index contributed by atoms with van der Waals surface area (Å²) in [5.41, 5.74) is 6.51. The summed E-state index contributed by atoms with van der Waals surface area (Å²) < 4.78 is 0. The van der Waals surface area contributed by atoms with E-state index in [0.29, 0.717) is 16.0 Å². The predicted octanol–water partition coefficient (Wildman–Crippen LogP) is 3.09. The maximum absolute atomic E-state index is 5.93. The number of hydrogen-bond acceptors (Lipinski definition) is 2. The van der Waals surface area contributed by atoms with Crippen molar-refractivity contribution in [3.8, 4) is 0 Å². The average Bonchev–Trinajstić information content (AvgIpc) is 1.82. The lowest BCUT2D eigenvalue weighted by molar-refractivity contribution is 0.863. The molecule has 0 atom stereocenters. The molecule has 0 unspecified atom stereocenters. The van der Waals surface area contributed by atoms with Crippen LogP contribution in [0.4, 0.5) is 5.82 Å². The number of nitrogen functional groups attached to an aromatic ring is 1. The van der Waals surface area contributed by atoms with Gasteiger partial charge in [-0.25, -0.2) is 4.98 Å². The fourth-order valence-corrected chi connectivity index (χ4v) is 1.76. The van der Waals surface area contributed by atoms with Crippen LogP contribution in [-0.2, 0) is 0 Å². The van der Waals surface area contributed by atoms with Crippen LogP contribution in [0.5, 0.6) is 0 Å². The van der Waals surface area contributed by atoms with E-state index < -0.39 is 0 Å². The molecule has 0 radical (unpaired) electrons. The molecule has 1 heterocycles. The van der Waals surface area contributed by atoms with Crippen molar-refractivity contribution in [1.29, 1.82) is 0 Å². The Morgan fingerprint density at radius 3 is 2.42 bits per heavy atom. The van der Waals surface area contributed by atoms with Crippen LogP contribution in [0.15, 0.2) is 6.07 Å². The van der Waals surface area contributed by atoms with E-state index in [1.165, 1.54) is 0 Å². The van der Waals surface area contributed by atoms with Crippen molar-refractivity contribution < 1.29 is 0 Å². The minimum atomic E-state index is 0.266. The van der Waals surface area contributed by atoms with Crippen LogP contribution < -0.4 is 5.73 Å². The number of aromatic nitrogens is 1. The number of halogens is 2. The molecule has 12 heavy (non-hydrogen) atoms. The molecule has 2 nitrogen and oxygen atoms in total. The Balaban J connectivity index is 3.28. The molecule has 0 aromatic carbocycles. The fourth-order valence-electron chi connectivity index (χ4n) is 1.08. The predicted molar refractivity (Wildman–Crippen MR) is 52.8 cm³/mol. The minimum Gasteiger partial charge on any atom is -0.383 e. The summed E-state index contributed by atoms with van der Waals surface area (Å²) >= 11 is 11.6. The van der Waals surface area contributed by atoms with Gasteiger partial charge in [0.2, 0.25) is 0 Å². The van der Waals surface area contributed by atoms with E-state index in [2.05, 4.69) is 4.98 Å². The normalized spacial score (nSPS) is 10.8. The van der Waals surface area contributed by atoms with Crippen LogP contribution in [0.3, 0.4) is 0 Å². The summed E-state index contributed by atoms with van der Waals surface area (Å²) in [6, 6.07) is 1.61. The third kappa shape index (κ3) is 1.82. The largest absolute Gasteiger partial charge is 0.383 e. The molecule has 0 fully saturated rings. The molecule has 0 saturated carbocycles. The molecule has 0 saturated heterocycles. The van der Waals surface area contributed by atoms with Crippen molar-refractivity contribution in [3.05, 3.63) is 21.8 Å². The summed E-state index contributed by atoms with van der Waals surface area (Å²) in [4.78, 5) is 3.91. The van der Waals surface area contributed by atoms with E-state index in [-0.39, 0.29) is 5.92 Å². The van der Waals surface area contributed by atoms with Gasteiger partial charge >= 0.3 is 0 Å². The highest BCUT2D eigenvalue weighted by atomic mass is 35.5. The summed E-state index contributed by atoms with van der Waals surface area (Å²) in [6.07, 6.45) is 0. The first-order valence-electron chi connectivity index (χ1n) is 3.63. The number of rotatable bonds is 1. The Labute approximate surface area is 81.7 Å². The minimum absolute atomic E-state index is 0.266. The molecule has 4 heteroatoms. The van der Waals surface area contributed by atoms with Crippen molar-refractivity contribution >= 4 is 29.0 Å². The SMILES string of the molecule is CC(C)c1c(Cl)cc(Cl)nc1N. The first kappa shape index (κ1) is 9.62. The highest BCUT2D eigenvalue weighted by molar-refractivity contribution is 6.34. The van der Waals surface area contributed by atoms with Crippen LogP contribution in [0.2, 0.25) is 10.2 Å². The van der Waals surface area contributed by atoms with Gasteiger partial charge in [0.1, 0.15) is 11.0 Å². The molecule has 1 aromatic rings. The maximum Gasteiger partial charge on any atom is 0.132 e. The molecule has 0 amide bonds. The number of anilines is 1. The van der Waals surface area contributed by atoms with Crippen molar-refractivity contribution in [2.45, 2.75) is 19.8 Å². The molecule has 0 aliphatic rings. The quantitative estimate of drug-likeness (QED) is 0.715. The van der Waals surface area contributed by atoms with Gasteiger partial charge in [0.25, 0.3) is 0 Å². The van der Waals surface area contributed by atoms with Gasteiger partial charge in [0.15, 0.2) is 0 Å². The molecular formula is C8H10Cl2N2. The number of nitrogens with two attached hydrogens (primary N) is 1. The highest BCUT2D eigenvalue weighted by Crippen LogP contribution is 2.30. The highest BCUT2D eigenvalue weighted by Gasteiger charge is 2.11. The second-order valence-corrected chi connectivity index (χ2v) is 3.67. The maximum atomic E-state index is 5.93. The Morgan fingerprint density at radius 1 is 1.42 bits per heavy atom. The zero-order valence-electron chi connectivity index (χ0n) is 6.94. The van der Waals surface area contributed by atoms with E-state index in [1.54, 1.807) is 6.07 Å². The van der Waals surface area contributed by atoms with Crippen molar-refractivity contribution in [2.24, 2.45) is 0 Å². The van der Waals surface area contributed by atoms with Gasteiger partial charge in [-0.1, -0.05) is 37.0 Å². The third-order valence-corrected chi connectivity index (χ3v) is 2.09. The first-order valence-corrected chi connectivity index (χ1v) is 4.39. The standard InChI is InChI=1S/C8H10Cl2N2/c1-4(2)7-5(9)3-6(10)12-8(7)11/h3-4H,1-2H3,(H2,11,12). The Hall–Kier alpha value is -0.470. The molecule has 1 aromatic heterocycles. The third-order valence-electron chi connectivity index (χ3n) is 1.58. The Morgan fingerprint density at radius 2 is 2.00 bits per heavy atom. The van der Waals surface area contributed by atoms with Gasteiger partial charge in [0, 0.05) is 5.56 Å². The fraction of sp³-hybridized carbons (Fsp3) is 0.375. The molecule has 0 aliphatic carbocycles. The van der Waals surface area contributed by atoms with Gasteiger partial charge in [-0.3, -0.25) is 0 Å². The van der Waals surface area contributed by atoms with E-state index in [4.69, 9.17) is 28.9 Å². The van der Waals surface area contributed by atoms with Crippen LogP contribution in [0, 0.1) is 0 Å². The monoisotopic (exact) mass is 204 g/mol. The zero-order chi connectivity index (χ0) is 9.30. The Bertz CT molecular complexity index is 274. The molecule has 0 spiro atoms. The Kier molecular flexibility index (Phi) is 2.80. The van der Waals surface area contributed by atoms with Crippen molar-refractivity contribution in [1.82, 2.24) is 4.98 Å². The molecule has 66 valence electrons. The molecular weight excluding hydrogens is 195 g/mol. The van der Waals surface area contributed by atoms with Gasteiger partial charge in [-0.05, 0) is 12.0 Å². The summed E-state index contributed by atoms with van der Waals surface area (Å²) in [7, 11) is 0. The first-order chi connectivity index (χ1) is 5.52. The lowest BCUT2D eigenvalue weighted by Crippen LogP contribution is -2.00. The number of hydrogen-bond donors (Lipinski definition) is 1. The topological polar surface area (TPSA) is 38.9 Å². The smallest absolute Gasteiger partial charge is 0.132 e. The summed E-state index contributed by atoms with van der Waals surface area (Å²) in [6.45, 7) is 4.01. The zero-order valence-corrected chi connectivity index (χ0v) is 8.45. The van der Waals surface area contributed by atoms with Gasteiger partial charge in [0.05, 0.1) is 5.02 Å². The second-order valence-electron chi connectivity index (χ2n) is 2.88. The number of pyridine rings is 1.